The molecular weight excluding hydrogens is 309 g/mol. The number of rotatable bonds is 4. The van der Waals surface area contributed by atoms with Crippen LogP contribution in [0.1, 0.15) is 19.5 Å². The molecule has 0 aliphatic heterocycles. The van der Waals surface area contributed by atoms with E-state index in [1.807, 2.05) is 13.8 Å². The number of hydrogen-bond acceptors (Lipinski definition) is 3. The summed E-state index contributed by atoms with van der Waals surface area (Å²) in [5, 5.41) is 3.20. The van der Waals surface area contributed by atoms with E-state index in [-0.39, 0.29) is 5.82 Å². The Kier molecular flexibility index (Phi) is 4.47. The molecular formula is C14H15BrFN3. The van der Waals surface area contributed by atoms with E-state index in [9.17, 15) is 4.39 Å². The van der Waals surface area contributed by atoms with Crippen LogP contribution in [0.15, 0.2) is 28.7 Å². The van der Waals surface area contributed by atoms with E-state index in [1.165, 1.54) is 12.1 Å². The fraction of sp³-hybridized carbons (Fsp3) is 0.286. The molecule has 0 saturated heterocycles. The maximum atomic E-state index is 13.0. The summed E-state index contributed by atoms with van der Waals surface area (Å²) in [6.45, 7) is 4.83. The molecule has 0 saturated carbocycles. The number of benzene rings is 1. The second kappa shape index (κ2) is 6.10. The Balaban J connectivity index is 2.51. The number of nitrogens with zero attached hydrogens (tertiary/aromatic N) is 2. The monoisotopic (exact) mass is 323 g/mol. The molecule has 1 heterocycles. The van der Waals surface area contributed by atoms with Crippen molar-refractivity contribution in [1.29, 1.82) is 0 Å². The van der Waals surface area contributed by atoms with Crippen LogP contribution in [0.5, 0.6) is 0 Å². The zero-order valence-corrected chi connectivity index (χ0v) is 12.5. The Hall–Kier alpha value is -1.49. The quantitative estimate of drug-likeness (QED) is 0.922. The van der Waals surface area contributed by atoms with Crippen LogP contribution in [0, 0.1) is 5.82 Å². The molecule has 0 bridgehead atoms. The Labute approximate surface area is 120 Å². The first-order valence-electron chi connectivity index (χ1n) is 6.22. The lowest BCUT2D eigenvalue weighted by atomic mass is 10.2. The summed E-state index contributed by atoms with van der Waals surface area (Å²) in [7, 11) is 0. The normalized spacial score (nSPS) is 10.5. The van der Waals surface area contributed by atoms with Crippen molar-refractivity contribution in [2.24, 2.45) is 0 Å². The van der Waals surface area contributed by atoms with Crippen molar-refractivity contribution in [3.8, 4) is 11.4 Å². The van der Waals surface area contributed by atoms with Gasteiger partial charge in [0.25, 0.3) is 0 Å². The average molecular weight is 324 g/mol. The minimum Gasteiger partial charge on any atom is -0.369 e. The highest BCUT2D eigenvalue weighted by Crippen LogP contribution is 2.27. The van der Waals surface area contributed by atoms with Gasteiger partial charge >= 0.3 is 0 Å². The molecule has 0 aliphatic rings. The number of nitrogens with one attached hydrogen (secondary N) is 1. The van der Waals surface area contributed by atoms with E-state index < -0.39 is 0 Å². The summed E-state index contributed by atoms with van der Waals surface area (Å²) in [6.07, 6.45) is 0.801. The lowest BCUT2D eigenvalue weighted by Gasteiger charge is -2.11. The third-order valence-corrected chi connectivity index (χ3v) is 3.53. The predicted octanol–water partition coefficient (Wildman–Crippen LogP) is 4.04. The molecule has 2 rings (SSSR count). The molecule has 1 N–H and O–H groups in total. The highest BCUT2D eigenvalue weighted by molar-refractivity contribution is 9.10. The second-order valence-electron chi connectivity index (χ2n) is 4.05. The van der Waals surface area contributed by atoms with Crippen LogP contribution < -0.4 is 5.32 Å². The first-order chi connectivity index (χ1) is 9.15. The summed E-state index contributed by atoms with van der Waals surface area (Å²) in [4.78, 5) is 8.99. The largest absolute Gasteiger partial charge is 0.369 e. The second-order valence-corrected chi connectivity index (χ2v) is 4.84. The van der Waals surface area contributed by atoms with Gasteiger partial charge in [0.1, 0.15) is 11.6 Å². The topological polar surface area (TPSA) is 37.8 Å². The van der Waals surface area contributed by atoms with Gasteiger partial charge in [0.2, 0.25) is 0 Å². The minimum absolute atomic E-state index is 0.261. The van der Waals surface area contributed by atoms with Crippen LogP contribution in [0.4, 0.5) is 10.2 Å². The maximum Gasteiger partial charge on any atom is 0.161 e. The maximum absolute atomic E-state index is 13.0. The zero-order chi connectivity index (χ0) is 13.8. The molecule has 0 fully saturated rings. The third kappa shape index (κ3) is 3.10. The standard InChI is InChI=1S/C14H15BrFN3/c1-3-11-12(15)14(17-4-2)19-13(18-11)9-5-7-10(16)8-6-9/h5-8H,3-4H2,1-2H3,(H,17,18,19). The molecule has 3 nitrogen and oxygen atoms in total. The fourth-order valence-corrected chi connectivity index (χ4v) is 2.34. The van der Waals surface area contributed by atoms with Crippen LogP contribution in [0.3, 0.4) is 0 Å². The van der Waals surface area contributed by atoms with Crippen LogP contribution in [-0.4, -0.2) is 16.5 Å². The minimum atomic E-state index is -0.261. The zero-order valence-electron chi connectivity index (χ0n) is 10.9. The van der Waals surface area contributed by atoms with E-state index in [0.29, 0.717) is 5.82 Å². The number of halogens is 2. The van der Waals surface area contributed by atoms with E-state index in [4.69, 9.17) is 0 Å². The van der Waals surface area contributed by atoms with Gasteiger partial charge in [0.05, 0.1) is 10.2 Å². The van der Waals surface area contributed by atoms with Gasteiger partial charge in [-0.15, -0.1) is 0 Å². The van der Waals surface area contributed by atoms with Gasteiger partial charge in [-0.05, 0) is 53.5 Å². The SMILES string of the molecule is CCNc1nc(-c2ccc(F)cc2)nc(CC)c1Br. The molecule has 0 aliphatic carbocycles. The molecule has 19 heavy (non-hydrogen) atoms. The summed E-state index contributed by atoms with van der Waals surface area (Å²) in [5.41, 5.74) is 1.74. The molecule has 0 radical (unpaired) electrons. The lowest BCUT2D eigenvalue weighted by Crippen LogP contribution is -2.05. The van der Waals surface area contributed by atoms with Gasteiger partial charge < -0.3 is 5.32 Å². The summed E-state index contributed by atoms with van der Waals surface area (Å²) < 4.78 is 13.8. The first-order valence-corrected chi connectivity index (χ1v) is 7.01. The summed E-state index contributed by atoms with van der Waals surface area (Å²) in [6, 6.07) is 6.21. The van der Waals surface area contributed by atoms with Gasteiger partial charge in [0, 0.05) is 12.1 Å². The molecule has 0 unspecified atom stereocenters. The van der Waals surface area contributed by atoms with Crippen molar-refractivity contribution in [3.63, 3.8) is 0 Å². The van der Waals surface area contributed by atoms with Crippen LogP contribution in [-0.2, 0) is 6.42 Å². The Morgan fingerprint density at radius 1 is 1.16 bits per heavy atom. The number of hydrogen-bond donors (Lipinski definition) is 1. The van der Waals surface area contributed by atoms with E-state index in [2.05, 4.69) is 31.2 Å². The molecule has 0 spiro atoms. The van der Waals surface area contributed by atoms with Gasteiger partial charge in [-0.25, -0.2) is 14.4 Å². The number of aryl methyl sites for hydroxylation is 1. The number of aromatic nitrogens is 2. The molecule has 1 aromatic heterocycles. The molecule has 0 atom stereocenters. The molecule has 2 aromatic rings. The summed E-state index contributed by atoms with van der Waals surface area (Å²) >= 11 is 3.51. The molecule has 100 valence electrons. The van der Waals surface area contributed by atoms with E-state index in [1.54, 1.807) is 12.1 Å². The van der Waals surface area contributed by atoms with Gasteiger partial charge in [-0.3, -0.25) is 0 Å². The Bertz CT molecular complexity index is 570. The highest BCUT2D eigenvalue weighted by atomic mass is 79.9. The van der Waals surface area contributed by atoms with Gasteiger partial charge in [0.15, 0.2) is 5.82 Å². The summed E-state index contributed by atoms with van der Waals surface area (Å²) in [5.74, 6) is 1.12. The van der Waals surface area contributed by atoms with Crippen LogP contribution in [0.25, 0.3) is 11.4 Å². The average Bonchev–Trinajstić information content (AvgIpc) is 2.42. The molecule has 1 aromatic carbocycles. The first kappa shape index (κ1) is 13.9. The van der Waals surface area contributed by atoms with Crippen molar-refractivity contribution < 1.29 is 4.39 Å². The van der Waals surface area contributed by atoms with Crippen LogP contribution >= 0.6 is 15.9 Å². The van der Waals surface area contributed by atoms with Crippen LogP contribution in [0.2, 0.25) is 0 Å². The fourth-order valence-electron chi connectivity index (χ4n) is 1.74. The van der Waals surface area contributed by atoms with Crippen molar-refractivity contribution >= 4 is 21.7 Å². The van der Waals surface area contributed by atoms with Gasteiger partial charge in [-0.1, -0.05) is 6.92 Å². The Morgan fingerprint density at radius 3 is 2.42 bits per heavy atom. The van der Waals surface area contributed by atoms with E-state index in [0.717, 1.165) is 34.5 Å². The van der Waals surface area contributed by atoms with Crippen molar-refractivity contribution in [1.82, 2.24) is 9.97 Å². The lowest BCUT2D eigenvalue weighted by molar-refractivity contribution is 0.628. The van der Waals surface area contributed by atoms with Gasteiger partial charge in [-0.2, -0.15) is 0 Å². The predicted molar refractivity (Wildman–Crippen MR) is 78.7 cm³/mol. The molecule has 5 heteroatoms. The highest BCUT2D eigenvalue weighted by Gasteiger charge is 2.11. The number of anilines is 1. The van der Waals surface area contributed by atoms with Crippen molar-refractivity contribution in [2.75, 3.05) is 11.9 Å². The van der Waals surface area contributed by atoms with Crippen molar-refractivity contribution in [3.05, 3.63) is 40.2 Å². The van der Waals surface area contributed by atoms with Crippen molar-refractivity contribution in [2.45, 2.75) is 20.3 Å². The Morgan fingerprint density at radius 2 is 1.84 bits per heavy atom. The third-order valence-electron chi connectivity index (χ3n) is 2.70. The smallest absolute Gasteiger partial charge is 0.161 e. The molecule has 0 amide bonds. The van der Waals surface area contributed by atoms with E-state index >= 15 is 0 Å².